The van der Waals surface area contributed by atoms with Gasteiger partial charge in [0.1, 0.15) is 12.2 Å². The number of hydrogen-bond acceptors (Lipinski definition) is 5. The molecule has 26 heavy (non-hydrogen) atoms. The number of carbonyl (C=O) groups excluding carboxylic acids is 2. The van der Waals surface area contributed by atoms with Crippen molar-refractivity contribution in [3.05, 3.63) is 46.3 Å². The summed E-state index contributed by atoms with van der Waals surface area (Å²) in [6.07, 6.45) is -1.15. The largest absolute Gasteiger partial charge is 0.445 e. The molecule has 2 unspecified atom stereocenters. The van der Waals surface area contributed by atoms with Gasteiger partial charge >= 0.3 is 12.2 Å². The lowest BCUT2D eigenvalue weighted by atomic mass is 10.2. The summed E-state index contributed by atoms with van der Waals surface area (Å²) >= 11 is 0. The summed E-state index contributed by atoms with van der Waals surface area (Å²) in [7, 11) is 0. The van der Waals surface area contributed by atoms with E-state index in [1.165, 1.54) is 4.90 Å². The molecular formula is C17H23N5O4. The van der Waals surface area contributed by atoms with E-state index in [2.05, 4.69) is 15.3 Å². The predicted octanol–water partition coefficient (Wildman–Crippen LogP) is 3.21. The Kier molecular flexibility index (Phi) is 6.30. The van der Waals surface area contributed by atoms with Gasteiger partial charge in [0.15, 0.2) is 0 Å². The van der Waals surface area contributed by atoms with Gasteiger partial charge in [-0.2, -0.15) is 0 Å². The van der Waals surface area contributed by atoms with Crippen molar-refractivity contribution >= 4 is 12.2 Å². The Morgan fingerprint density at radius 1 is 1.31 bits per heavy atom. The van der Waals surface area contributed by atoms with Crippen molar-refractivity contribution in [2.24, 2.45) is 5.11 Å². The minimum Gasteiger partial charge on any atom is -0.445 e. The quantitative estimate of drug-likeness (QED) is 0.503. The maximum Gasteiger partial charge on any atom is 0.410 e. The van der Waals surface area contributed by atoms with Gasteiger partial charge in [-0.05, 0) is 31.9 Å². The average Bonchev–Trinajstić information content (AvgIpc) is 2.96. The second-order valence-electron chi connectivity index (χ2n) is 6.97. The molecule has 1 aromatic rings. The molecule has 1 N–H and O–H groups in total. The fourth-order valence-corrected chi connectivity index (χ4v) is 2.50. The zero-order chi connectivity index (χ0) is 19.2. The molecule has 140 valence electrons. The SMILES string of the molecule is CC(C)(C)OC(=O)N1CC(N=[N+]=[N-])C(NC(=O)OCc2ccccc2)C1. The van der Waals surface area contributed by atoms with E-state index in [0.717, 1.165) is 5.56 Å². The Bertz CT molecular complexity index is 682. The second kappa shape index (κ2) is 8.44. The number of likely N-dealkylation sites (tertiary alicyclic amines) is 1. The summed E-state index contributed by atoms with van der Waals surface area (Å²) in [6, 6.07) is 8.13. The lowest BCUT2D eigenvalue weighted by Gasteiger charge is -2.24. The summed E-state index contributed by atoms with van der Waals surface area (Å²) in [6.45, 7) is 5.77. The van der Waals surface area contributed by atoms with Crippen LogP contribution in [-0.2, 0) is 16.1 Å². The summed E-state index contributed by atoms with van der Waals surface area (Å²) in [5.41, 5.74) is 8.95. The maximum absolute atomic E-state index is 12.2. The van der Waals surface area contributed by atoms with Crippen LogP contribution < -0.4 is 5.32 Å². The molecule has 1 aliphatic heterocycles. The van der Waals surface area contributed by atoms with Crippen LogP contribution in [0, 0.1) is 0 Å². The molecule has 1 heterocycles. The molecule has 1 aromatic carbocycles. The van der Waals surface area contributed by atoms with Crippen molar-refractivity contribution in [3.63, 3.8) is 0 Å². The fraction of sp³-hybridized carbons (Fsp3) is 0.529. The van der Waals surface area contributed by atoms with Gasteiger partial charge in [0, 0.05) is 18.0 Å². The van der Waals surface area contributed by atoms with E-state index in [-0.39, 0.29) is 19.7 Å². The fourth-order valence-electron chi connectivity index (χ4n) is 2.50. The van der Waals surface area contributed by atoms with Crippen LogP contribution in [-0.4, -0.2) is 47.9 Å². The number of carbonyl (C=O) groups is 2. The Balaban J connectivity index is 1.92. The molecule has 0 radical (unpaired) electrons. The summed E-state index contributed by atoms with van der Waals surface area (Å²) < 4.78 is 10.5. The molecule has 0 bridgehead atoms. The van der Waals surface area contributed by atoms with E-state index in [1.54, 1.807) is 20.8 Å². The van der Waals surface area contributed by atoms with E-state index < -0.39 is 29.9 Å². The number of ether oxygens (including phenoxy) is 2. The molecule has 9 heteroatoms. The molecule has 0 saturated carbocycles. The number of azide groups is 1. The number of amides is 2. The first-order valence-electron chi connectivity index (χ1n) is 8.28. The van der Waals surface area contributed by atoms with Crippen LogP contribution in [0.4, 0.5) is 9.59 Å². The maximum atomic E-state index is 12.2. The zero-order valence-corrected chi connectivity index (χ0v) is 15.1. The minimum atomic E-state index is -0.636. The number of hydrogen-bond donors (Lipinski definition) is 1. The van der Waals surface area contributed by atoms with E-state index in [1.807, 2.05) is 30.3 Å². The van der Waals surface area contributed by atoms with Crippen molar-refractivity contribution in [2.45, 2.75) is 45.1 Å². The standard InChI is InChI=1S/C17H23N5O4/c1-17(2,3)26-16(24)22-9-13(14(10-22)20-21-18)19-15(23)25-11-12-7-5-4-6-8-12/h4-8,13-14H,9-11H2,1-3H3,(H,19,23). The predicted molar refractivity (Wildman–Crippen MR) is 94.3 cm³/mol. The third-order valence-corrected chi connectivity index (χ3v) is 3.66. The Hall–Kier alpha value is -2.93. The summed E-state index contributed by atoms with van der Waals surface area (Å²) in [4.78, 5) is 28.4. The van der Waals surface area contributed by atoms with Crippen molar-refractivity contribution in [3.8, 4) is 0 Å². The van der Waals surface area contributed by atoms with Crippen LogP contribution >= 0.6 is 0 Å². The average molecular weight is 361 g/mol. The molecule has 0 aliphatic carbocycles. The van der Waals surface area contributed by atoms with Gasteiger partial charge in [0.2, 0.25) is 0 Å². The second-order valence-corrected chi connectivity index (χ2v) is 6.97. The van der Waals surface area contributed by atoms with Gasteiger partial charge < -0.3 is 19.7 Å². The van der Waals surface area contributed by atoms with Crippen molar-refractivity contribution in [1.82, 2.24) is 10.2 Å². The lowest BCUT2D eigenvalue weighted by Crippen LogP contribution is -2.43. The number of benzene rings is 1. The number of nitrogens with one attached hydrogen (secondary N) is 1. The van der Waals surface area contributed by atoms with Crippen molar-refractivity contribution < 1.29 is 19.1 Å². The van der Waals surface area contributed by atoms with Gasteiger partial charge in [-0.3, -0.25) is 0 Å². The van der Waals surface area contributed by atoms with Gasteiger partial charge in [-0.15, -0.1) is 0 Å². The van der Waals surface area contributed by atoms with Gasteiger partial charge in [-0.1, -0.05) is 35.4 Å². The third-order valence-electron chi connectivity index (χ3n) is 3.66. The van der Waals surface area contributed by atoms with Gasteiger partial charge in [0.05, 0.1) is 12.1 Å². The smallest absolute Gasteiger partial charge is 0.410 e. The van der Waals surface area contributed by atoms with Crippen LogP contribution in [0.5, 0.6) is 0 Å². The minimum absolute atomic E-state index is 0.126. The Labute approximate surface area is 151 Å². The van der Waals surface area contributed by atoms with E-state index >= 15 is 0 Å². The van der Waals surface area contributed by atoms with E-state index in [9.17, 15) is 9.59 Å². The zero-order valence-electron chi connectivity index (χ0n) is 15.1. The number of rotatable bonds is 4. The highest BCUT2D eigenvalue weighted by atomic mass is 16.6. The molecule has 1 fully saturated rings. The Morgan fingerprint density at radius 2 is 2.00 bits per heavy atom. The van der Waals surface area contributed by atoms with Crippen LogP contribution in [0.15, 0.2) is 35.4 Å². The van der Waals surface area contributed by atoms with Crippen LogP contribution in [0.1, 0.15) is 26.3 Å². The first-order chi connectivity index (χ1) is 12.3. The molecule has 0 aromatic heterocycles. The van der Waals surface area contributed by atoms with Gasteiger partial charge in [-0.25, -0.2) is 9.59 Å². The highest BCUT2D eigenvalue weighted by Crippen LogP contribution is 2.18. The van der Waals surface area contributed by atoms with Gasteiger partial charge in [0.25, 0.3) is 0 Å². The van der Waals surface area contributed by atoms with E-state index in [4.69, 9.17) is 15.0 Å². The van der Waals surface area contributed by atoms with Crippen molar-refractivity contribution in [2.75, 3.05) is 13.1 Å². The summed E-state index contributed by atoms with van der Waals surface area (Å²) in [5.74, 6) is 0. The highest BCUT2D eigenvalue weighted by Gasteiger charge is 2.37. The van der Waals surface area contributed by atoms with Crippen molar-refractivity contribution in [1.29, 1.82) is 0 Å². The third kappa shape index (κ3) is 5.86. The molecular weight excluding hydrogens is 338 g/mol. The molecule has 1 aliphatic rings. The first-order valence-corrected chi connectivity index (χ1v) is 8.28. The van der Waals surface area contributed by atoms with Crippen LogP contribution in [0.3, 0.4) is 0 Å². The molecule has 2 atom stereocenters. The highest BCUT2D eigenvalue weighted by molar-refractivity contribution is 5.70. The Morgan fingerprint density at radius 3 is 2.62 bits per heavy atom. The molecule has 2 rings (SSSR count). The summed E-state index contributed by atoms with van der Waals surface area (Å²) in [5, 5.41) is 6.32. The number of alkyl carbamates (subject to hydrolysis) is 1. The van der Waals surface area contributed by atoms with Crippen LogP contribution in [0.2, 0.25) is 0 Å². The number of nitrogens with zero attached hydrogens (tertiary/aromatic N) is 4. The monoisotopic (exact) mass is 361 g/mol. The molecule has 1 saturated heterocycles. The topological polar surface area (TPSA) is 117 Å². The van der Waals surface area contributed by atoms with E-state index in [0.29, 0.717) is 0 Å². The van der Waals surface area contributed by atoms with Crippen LogP contribution in [0.25, 0.3) is 10.4 Å². The molecule has 0 spiro atoms. The molecule has 9 nitrogen and oxygen atoms in total. The molecule has 2 amide bonds. The lowest BCUT2D eigenvalue weighted by molar-refractivity contribution is 0.0288. The first kappa shape index (κ1) is 19.4. The normalized spacial score (nSPS) is 19.4.